The fourth-order valence-corrected chi connectivity index (χ4v) is 3.71. The molecule has 180 valence electrons. The number of ether oxygens (including phenoxy) is 2. The van der Waals surface area contributed by atoms with Crippen LogP contribution < -0.4 is 14.8 Å². The summed E-state index contributed by atoms with van der Waals surface area (Å²) in [5.74, 6) is -0.781. The second kappa shape index (κ2) is 11.6. The molecule has 0 spiro atoms. The van der Waals surface area contributed by atoms with Crippen molar-refractivity contribution in [2.45, 2.75) is 18.8 Å². The largest absolute Gasteiger partial charge is 0.573 e. The standard InChI is InChI=1S/C19H17BrF6N2O2.2ClH/c20-13-3-6-16(30-19(24,25)26)15(11-13)17(28-9-7-27-8-10-28)12-1-4-14(5-2-12)29-18(21,22)23;;/h1-6,11,17,27H,7-10H2;2*1H/t17-;;/m1../s1. The van der Waals surface area contributed by atoms with Crippen molar-refractivity contribution in [1.82, 2.24) is 10.2 Å². The lowest BCUT2D eigenvalue weighted by molar-refractivity contribution is -0.275. The summed E-state index contributed by atoms with van der Waals surface area (Å²) in [6.07, 6.45) is -9.72. The predicted octanol–water partition coefficient (Wildman–Crippen LogP) is 6.08. The topological polar surface area (TPSA) is 33.7 Å². The summed E-state index contributed by atoms with van der Waals surface area (Å²) in [6.45, 7) is 2.30. The number of rotatable bonds is 5. The fraction of sp³-hybridized carbons (Fsp3) is 0.368. The van der Waals surface area contributed by atoms with Gasteiger partial charge in [-0.15, -0.1) is 51.2 Å². The van der Waals surface area contributed by atoms with Crippen LogP contribution in [0.25, 0.3) is 0 Å². The molecule has 32 heavy (non-hydrogen) atoms. The number of hydrogen-bond acceptors (Lipinski definition) is 4. The number of piperazine rings is 1. The van der Waals surface area contributed by atoms with Gasteiger partial charge in [0.1, 0.15) is 11.5 Å². The van der Waals surface area contributed by atoms with E-state index in [9.17, 15) is 26.3 Å². The number of nitrogens with zero attached hydrogens (tertiary/aromatic N) is 1. The van der Waals surface area contributed by atoms with Crippen molar-refractivity contribution in [3.63, 3.8) is 0 Å². The number of halogens is 9. The number of alkyl halides is 6. The van der Waals surface area contributed by atoms with Gasteiger partial charge in [0.15, 0.2) is 0 Å². The van der Waals surface area contributed by atoms with Crippen LogP contribution >= 0.6 is 40.7 Å². The summed E-state index contributed by atoms with van der Waals surface area (Å²) in [7, 11) is 0. The summed E-state index contributed by atoms with van der Waals surface area (Å²) < 4.78 is 84.9. The number of hydrogen-bond donors (Lipinski definition) is 1. The molecule has 2 aromatic carbocycles. The number of benzene rings is 2. The second-order valence-corrected chi connectivity index (χ2v) is 7.45. The van der Waals surface area contributed by atoms with Crippen LogP contribution in [0, 0.1) is 0 Å². The molecule has 0 bridgehead atoms. The van der Waals surface area contributed by atoms with E-state index < -0.39 is 24.5 Å². The molecule has 1 N–H and O–H groups in total. The highest BCUT2D eigenvalue weighted by Crippen LogP contribution is 2.39. The summed E-state index contributed by atoms with van der Waals surface area (Å²) in [5, 5.41) is 3.16. The summed E-state index contributed by atoms with van der Waals surface area (Å²) >= 11 is 3.27. The lowest BCUT2D eigenvalue weighted by Crippen LogP contribution is -2.45. The van der Waals surface area contributed by atoms with Gasteiger partial charge >= 0.3 is 12.7 Å². The lowest BCUT2D eigenvalue weighted by Gasteiger charge is -2.36. The summed E-state index contributed by atoms with van der Waals surface area (Å²) in [4.78, 5) is 1.95. The maximum Gasteiger partial charge on any atom is 0.573 e. The van der Waals surface area contributed by atoms with Gasteiger partial charge in [0.25, 0.3) is 0 Å². The van der Waals surface area contributed by atoms with Gasteiger partial charge in [0.2, 0.25) is 0 Å². The predicted molar refractivity (Wildman–Crippen MR) is 115 cm³/mol. The van der Waals surface area contributed by atoms with Crippen LogP contribution in [0.4, 0.5) is 26.3 Å². The normalized spacial score (nSPS) is 15.8. The highest BCUT2D eigenvalue weighted by atomic mass is 79.9. The van der Waals surface area contributed by atoms with Gasteiger partial charge in [0.05, 0.1) is 6.04 Å². The fourth-order valence-electron chi connectivity index (χ4n) is 3.33. The zero-order valence-electron chi connectivity index (χ0n) is 16.2. The minimum absolute atomic E-state index is 0. The zero-order valence-corrected chi connectivity index (χ0v) is 19.4. The quantitative estimate of drug-likeness (QED) is 0.441. The van der Waals surface area contributed by atoms with Crippen molar-refractivity contribution in [3.8, 4) is 11.5 Å². The van der Waals surface area contributed by atoms with Crippen molar-refractivity contribution in [2.75, 3.05) is 26.2 Å². The highest BCUT2D eigenvalue weighted by molar-refractivity contribution is 9.10. The van der Waals surface area contributed by atoms with Crippen LogP contribution in [0.15, 0.2) is 46.9 Å². The van der Waals surface area contributed by atoms with E-state index in [0.29, 0.717) is 36.2 Å². The molecular formula is C19H19BrCl2F6N2O2. The van der Waals surface area contributed by atoms with Gasteiger partial charge in [-0.1, -0.05) is 28.1 Å². The SMILES string of the molecule is Cl.Cl.FC(F)(F)Oc1ccc([C@H](c2cc(Br)ccc2OC(F)(F)F)N2CCNCC2)cc1. The Bertz CT molecular complexity index is 862. The van der Waals surface area contributed by atoms with Gasteiger partial charge in [0, 0.05) is 36.2 Å². The average Bonchev–Trinajstić information content (AvgIpc) is 2.64. The molecule has 0 aliphatic carbocycles. The van der Waals surface area contributed by atoms with Gasteiger partial charge < -0.3 is 14.8 Å². The van der Waals surface area contributed by atoms with Crippen LogP contribution in [0.3, 0.4) is 0 Å². The first-order valence-electron chi connectivity index (χ1n) is 8.87. The van der Waals surface area contributed by atoms with E-state index in [-0.39, 0.29) is 36.1 Å². The zero-order chi connectivity index (χ0) is 21.9. The third-order valence-corrected chi connectivity index (χ3v) is 4.93. The average molecular weight is 572 g/mol. The Morgan fingerprint density at radius 1 is 0.844 bits per heavy atom. The molecular weight excluding hydrogens is 553 g/mol. The first-order chi connectivity index (χ1) is 14.0. The van der Waals surface area contributed by atoms with Gasteiger partial charge in [-0.25, -0.2) is 0 Å². The van der Waals surface area contributed by atoms with E-state index in [4.69, 9.17) is 0 Å². The van der Waals surface area contributed by atoms with E-state index in [1.807, 2.05) is 4.90 Å². The Morgan fingerprint density at radius 3 is 1.94 bits per heavy atom. The number of nitrogens with one attached hydrogen (secondary N) is 1. The van der Waals surface area contributed by atoms with Crippen LogP contribution in [-0.2, 0) is 0 Å². The van der Waals surface area contributed by atoms with Crippen LogP contribution in [0.1, 0.15) is 17.2 Å². The molecule has 1 atom stereocenters. The molecule has 3 rings (SSSR count). The molecule has 0 amide bonds. The van der Waals surface area contributed by atoms with Crippen molar-refractivity contribution in [1.29, 1.82) is 0 Å². The van der Waals surface area contributed by atoms with Crippen LogP contribution in [-0.4, -0.2) is 43.8 Å². The molecule has 1 heterocycles. The van der Waals surface area contributed by atoms with Crippen LogP contribution in [0.2, 0.25) is 0 Å². The van der Waals surface area contributed by atoms with E-state index in [1.165, 1.54) is 30.3 Å². The van der Waals surface area contributed by atoms with Crippen molar-refractivity contribution < 1.29 is 35.8 Å². The Kier molecular flexibility index (Phi) is 10.4. The molecule has 13 heteroatoms. The first kappa shape index (κ1) is 28.6. The maximum atomic E-state index is 13.0. The maximum absolute atomic E-state index is 13.0. The van der Waals surface area contributed by atoms with E-state index in [0.717, 1.165) is 12.1 Å². The molecule has 2 aromatic rings. The first-order valence-corrected chi connectivity index (χ1v) is 9.67. The molecule has 1 fully saturated rings. The molecule has 1 saturated heterocycles. The second-order valence-electron chi connectivity index (χ2n) is 6.54. The van der Waals surface area contributed by atoms with Crippen molar-refractivity contribution in [2.24, 2.45) is 0 Å². The molecule has 1 aliphatic heterocycles. The molecule has 0 unspecified atom stereocenters. The van der Waals surface area contributed by atoms with Crippen molar-refractivity contribution >= 4 is 40.7 Å². The Morgan fingerprint density at radius 2 is 1.41 bits per heavy atom. The van der Waals surface area contributed by atoms with E-state index >= 15 is 0 Å². The van der Waals surface area contributed by atoms with E-state index in [1.54, 1.807) is 0 Å². The smallest absolute Gasteiger partial charge is 0.406 e. The van der Waals surface area contributed by atoms with Crippen molar-refractivity contribution in [3.05, 3.63) is 58.1 Å². The Balaban J connectivity index is 0.00000256. The van der Waals surface area contributed by atoms with Gasteiger partial charge in [-0.3, -0.25) is 4.90 Å². The van der Waals surface area contributed by atoms with Crippen LogP contribution in [0.5, 0.6) is 11.5 Å². The minimum Gasteiger partial charge on any atom is -0.406 e. The molecule has 0 radical (unpaired) electrons. The summed E-state index contributed by atoms with van der Waals surface area (Å²) in [6, 6.07) is 8.59. The Labute approximate surface area is 201 Å². The third-order valence-electron chi connectivity index (χ3n) is 4.44. The van der Waals surface area contributed by atoms with E-state index in [2.05, 4.69) is 30.7 Å². The third kappa shape index (κ3) is 8.18. The van der Waals surface area contributed by atoms with Gasteiger partial charge in [-0.2, -0.15) is 0 Å². The Hall–Kier alpha value is -1.40. The minimum atomic E-state index is -4.89. The molecule has 4 nitrogen and oxygen atoms in total. The summed E-state index contributed by atoms with van der Waals surface area (Å²) in [5.41, 5.74) is 0.754. The monoisotopic (exact) mass is 570 g/mol. The van der Waals surface area contributed by atoms with Gasteiger partial charge in [-0.05, 0) is 35.9 Å². The lowest BCUT2D eigenvalue weighted by atomic mass is 9.95. The molecule has 0 aromatic heterocycles. The molecule has 1 aliphatic rings. The molecule has 0 saturated carbocycles. The highest BCUT2D eigenvalue weighted by Gasteiger charge is 2.35.